The van der Waals surface area contributed by atoms with E-state index < -0.39 is 0 Å². The van der Waals surface area contributed by atoms with E-state index in [1.807, 2.05) is 6.07 Å². The van der Waals surface area contributed by atoms with Crippen molar-refractivity contribution in [3.05, 3.63) is 23.8 Å². The van der Waals surface area contributed by atoms with Gasteiger partial charge in [-0.2, -0.15) is 0 Å². The average molecular weight is 319 g/mol. The quantitative estimate of drug-likeness (QED) is 0.811. The number of methoxy groups -OCH3 is 2. The van der Waals surface area contributed by atoms with Gasteiger partial charge in [0, 0.05) is 25.0 Å². The van der Waals surface area contributed by atoms with E-state index in [0.717, 1.165) is 56.4 Å². The van der Waals surface area contributed by atoms with E-state index in [9.17, 15) is 0 Å². The number of rotatable bonds is 7. The lowest BCUT2D eigenvalue weighted by Crippen LogP contribution is -2.47. The number of ether oxygens (including phenoxy) is 2. The smallest absolute Gasteiger partial charge is 0.191 e. The van der Waals surface area contributed by atoms with Crippen molar-refractivity contribution in [2.24, 2.45) is 4.99 Å². The van der Waals surface area contributed by atoms with Gasteiger partial charge in [-0.1, -0.05) is 19.9 Å². The number of aliphatic imine (C=N–C) groups is 1. The Morgan fingerprint density at radius 3 is 2.48 bits per heavy atom. The zero-order chi connectivity index (χ0) is 16.7. The van der Waals surface area contributed by atoms with Crippen LogP contribution in [0.5, 0.6) is 11.5 Å². The van der Waals surface area contributed by atoms with Gasteiger partial charge in [0.05, 0.1) is 14.2 Å². The first-order chi connectivity index (χ1) is 11.2. The molecule has 128 valence electrons. The molecule has 0 radical (unpaired) electrons. The summed E-state index contributed by atoms with van der Waals surface area (Å²) >= 11 is 0. The zero-order valence-corrected chi connectivity index (χ0v) is 14.7. The maximum absolute atomic E-state index is 5.47. The highest BCUT2D eigenvalue weighted by Gasteiger charge is 2.30. The molecule has 5 nitrogen and oxygen atoms in total. The molecule has 0 atom stereocenters. The van der Waals surface area contributed by atoms with Gasteiger partial charge in [0.2, 0.25) is 0 Å². The van der Waals surface area contributed by atoms with E-state index in [1.165, 1.54) is 5.56 Å². The summed E-state index contributed by atoms with van der Waals surface area (Å²) in [6.07, 6.45) is 3.19. The molecule has 0 saturated heterocycles. The Balaban J connectivity index is 2.23. The molecule has 2 N–H and O–H groups in total. The first-order valence-corrected chi connectivity index (χ1v) is 8.43. The van der Waals surface area contributed by atoms with Gasteiger partial charge in [-0.15, -0.1) is 0 Å². The predicted octanol–water partition coefficient (Wildman–Crippen LogP) is 2.70. The van der Waals surface area contributed by atoms with Crippen LogP contribution in [0.25, 0.3) is 0 Å². The monoisotopic (exact) mass is 319 g/mol. The van der Waals surface area contributed by atoms with E-state index in [2.05, 4.69) is 41.6 Å². The van der Waals surface area contributed by atoms with Crippen molar-refractivity contribution in [3.8, 4) is 11.5 Å². The van der Waals surface area contributed by atoms with Crippen molar-refractivity contribution in [1.29, 1.82) is 0 Å². The van der Waals surface area contributed by atoms with E-state index in [0.29, 0.717) is 0 Å². The molecule has 23 heavy (non-hydrogen) atoms. The number of hydrogen-bond acceptors (Lipinski definition) is 5. The maximum atomic E-state index is 5.47. The first kappa shape index (κ1) is 17.4. The Hall–Kier alpha value is -1.91. The molecule has 0 fully saturated rings. The van der Waals surface area contributed by atoms with Crippen molar-refractivity contribution < 1.29 is 9.47 Å². The Morgan fingerprint density at radius 1 is 1.17 bits per heavy atom. The van der Waals surface area contributed by atoms with Crippen LogP contribution < -0.4 is 20.1 Å². The second-order valence-corrected chi connectivity index (χ2v) is 5.92. The molecule has 1 aromatic carbocycles. The number of guanidine groups is 1. The summed E-state index contributed by atoms with van der Waals surface area (Å²) < 4.78 is 10.8. The summed E-state index contributed by atoms with van der Waals surface area (Å²) in [5.41, 5.74) is 1.31. The highest BCUT2D eigenvalue weighted by atomic mass is 16.5. The molecule has 5 heteroatoms. The van der Waals surface area contributed by atoms with Crippen LogP contribution in [0.2, 0.25) is 0 Å². The molecule has 1 aliphatic heterocycles. The van der Waals surface area contributed by atoms with Crippen molar-refractivity contribution >= 4 is 5.96 Å². The lowest BCUT2D eigenvalue weighted by Gasteiger charge is -2.34. The average Bonchev–Trinajstić information content (AvgIpc) is 2.63. The number of hydrogen-bond donors (Lipinski definition) is 2. The third-order valence-electron chi connectivity index (χ3n) is 4.84. The fourth-order valence-corrected chi connectivity index (χ4v) is 3.08. The SMILES string of the molecule is CCC(CC)(CNC1=NCCCN1)c1ccc(OC)c(OC)c1. The van der Waals surface area contributed by atoms with Crippen LogP contribution in [-0.2, 0) is 5.41 Å². The number of benzene rings is 1. The molecule has 1 aromatic rings. The Bertz CT molecular complexity index is 539. The minimum atomic E-state index is 0.0429. The van der Waals surface area contributed by atoms with Crippen molar-refractivity contribution in [2.45, 2.75) is 38.5 Å². The van der Waals surface area contributed by atoms with Crippen LogP contribution in [0.4, 0.5) is 0 Å². The lowest BCUT2D eigenvalue weighted by molar-refractivity contribution is 0.348. The third kappa shape index (κ3) is 3.89. The molecule has 1 aliphatic rings. The van der Waals surface area contributed by atoms with Crippen LogP contribution in [0.3, 0.4) is 0 Å². The van der Waals surface area contributed by atoms with Gasteiger partial charge in [0.25, 0.3) is 0 Å². The Morgan fingerprint density at radius 2 is 1.91 bits per heavy atom. The van der Waals surface area contributed by atoms with Gasteiger partial charge in [-0.3, -0.25) is 4.99 Å². The van der Waals surface area contributed by atoms with Gasteiger partial charge in [-0.25, -0.2) is 0 Å². The van der Waals surface area contributed by atoms with Crippen LogP contribution in [0, 0.1) is 0 Å². The van der Waals surface area contributed by atoms with Gasteiger partial charge in [-0.05, 0) is 37.0 Å². The largest absolute Gasteiger partial charge is 0.493 e. The second kappa shape index (κ2) is 8.09. The highest BCUT2D eigenvalue weighted by molar-refractivity contribution is 5.80. The topological polar surface area (TPSA) is 54.9 Å². The number of nitrogens with one attached hydrogen (secondary N) is 2. The number of nitrogens with zero attached hydrogens (tertiary/aromatic N) is 1. The van der Waals surface area contributed by atoms with E-state index in [1.54, 1.807) is 14.2 Å². The molecule has 2 rings (SSSR count). The molecule has 0 bridgehead atoms. The second-order valence-electron chi connectivity index (χ2n) is 5.92. The van der Waals surface area contributed by atoms with Crippen molar-refractivity contribution in [2.75, 3.05) is 33.9 Å². The summed E-state index contributed by atoms with van der Waals surface area (Å²) in [6.45, 7) is 7.21. The molecular weight excluding hydrogens is 290 g/mol. The Kier molecular flexibility index (Phi) is 6.13. The first-order valence-electron chi connectivity index (χ1n) is 8.43. The fraction of sp³-hybridized carbons (Fsp3) is 0.611. The van der Waals surface area contributed by atoms with Gasteiger partial charge < -0.3 is 20.1 Å². The molecule has 0 saturated carbocycles. The summed E-state index contributed by atoms with van der Waals surface area (Å²) in [6, 6.07) is 6.24. The molecule has 0 spiro atoms. The molecule has 0 unspecified atom stereocenters. The maximum Gasteiger partial charge on any atom is 0.191 e. The molecule has 1 heterocycles. The minimum Gasteiger partial charge on any atom is -0.493 e. The summed E-state index contributed by atoms with van der Waals surface area (Å²) in [5.74, 6) is 2.47. The van der Waals surface area contributed by atoms with Crippen molar-refractivity contribution in [3.63, 3.8) is 0 Å². The van der Waals surface area contributed by atoms with Crippen LogP contribution >= 0.6 is 0 Å². The summed E-state index contributed by atoms with van der Waals surface area (Å²) in [4.78, 5) is 4.51. The van der Waals surface area contributed by atoms with Crippen molar-refractivity contribution in [1.82, 2.24) is 10.6 Å². The van der Waals surface area contributed by atoms with Gasteiger partial charge in [0.15, 0.2) is 17.5 Å². The van der Waals surface area contributed by atoms with E-state index in [4.69, 9.17) is 9.47 Å². The minimum absolute atomic E-state index is 0.0429. The standard InChI is InChI=1S/C18H29N3O2/c1-5-18(6-2,13-21-17-19-10-7-11-20-17)14-8-9-15(22-3)16(12-14)23-4/h8-9,12H,5-7,10-11,13H2,1-4H3,(H2,19,20,21). The summed E-state index contributed by atoms with van der Waals surface area (Å²) in [5, 5.41) is 6.82. The van der Waals surface area contributed by atoms with E-state index >= 15 is 0 Å². The summed E-state index contributed by atoms with van der Waals surface area (Å²) in [7, 11) is 3.35. The highest BCUT2D eigenvalue weighted by Crippen LogP contribution is 2.37. The van der Waals surface area contributed by atoms with E-state index in [-0.39, 0.29) is 5.41 Å². The van der Waals surface area contributed by atoms with Gasteiger partial charge in [0.1, 0.15) is 0 Å². The van der Waals surface area contributed by atoms with Gasteiger partial charge >= 0.3 is 0 Å². The van der Waals surface area contributed by atoms with Crippen LogP contribution in [0.15, 0.2) is 23.2 Å². The molecule has 0 amide bonds. The lowest BCUT2D eigenvalue weighted by atomic mass is 9.75. The third-order valence-corrected chi connectivity index (χ3v) is 4.84. The predicted molar refractivity (Wildman–Crippen MR) is 94.7 cm³/mol. The van der Waals surface area contributed by atoms with Crippen LogP contribution in [-0.4, -0.2) is 39.8 Å². The fourth-order valence-electron chi connectivity index (χ4n) is 3.08. The molecule has 0 aromatic heterocycles. The zero-order valence-electron chi connectivity index (χ0n) is 14.7. The molecule has 0 aliphatic carbocycles. The van der Waals surface area contributed by atoms with Crippen LogP contribution in [0.1, 0.15) is 38.7 Å². The Labute approximate surface area is 139 Å². The normalized spacial score (nSPS) is 14.7. The molecular formula is C18H29N3O2.